The van der Waals surface area contributed by atoms with Crippen LogP contribution >= 0.6 is 35.3 Å². The molecule has 0 spiro atoms. The van der Waals surface area contributed by atoms with Crippen LogP contribution in [0.1, 0.15) is 24.0 Å². The lowest BCUT2D eigenvalue weighted by atomic mass is 10.1. The number of nitrogens with zero attached hydrogens (tertiary/aromatic N) is 3. The quantitative estimate of drug-likeness (QED) is 0.377. The van der Waals surface area contributed by atoms with Crippen LogP contribution in [0.25, 0.3) is 0 Å². The molecule has 25 heavy (non-hydrogen) atoms. The summed E-state index contributed by atoms with van der Waals surface area (Å²) in [6, 6.07) is 0. The normalized spacial score (nSPS) is 18.1. The molecular formula is C15H24F3IN4OS. The fourth-order valence-corrected chi connectivity index (χ4v) is 3.28. The molecule has 1 fully saturated rings. The van der Waals surface area contributed by atoms with Gasteiger partial charge >= 0.3 is 6.18 Å². The minimum Gasteiger partial charge on any atom is -0.381 e. The van der Waals surface area contributed by atoms with E-state index >= 15 is 0 Å². The summed E-state index contributed by atoms with van der Waals surface area (Å²) in [5.74, 6) is 1.25. The molecule has 5 nitrogen and oxygen atoms in total. The Balaban J connectivity index is 0.00000312. The molecule has 1 aliphatic rings. The number of halogens is 4. The second kappa shape index (κ2) is 10.5. The number of thiazole rings is 1. The summed E-state index contributed by atoms with van der Waals surface area (Å²) in [6.07, 6.45) is -2.93. The molecule has 0 saturated carbocycles. The molecule has 1 aliphatic heterocycles. The Morgan fingerprint density at radius 1 is 1.52 bits per heavy atom. The highest BCUT2D eigenvalue weighted by Crippen LogP contribution is 2.30. The van der Waals surface area contributed by atoms with Gasteiger partial charge in [0.15, 0.2) is 11.7 Å². The van der Waals surface area contributed by atoms with Crippen LogP contribution in [0.4, 0.5) is 13.2 Å². The second-order valence-electron chi connectivity index (χ2n) is 5.72. The molecule has 2 heterocycles. The van der Waals surface area contributed by atoms with Crippen molar-refractivity contribution in [1.29, 1.82) is 0 Å². The van der Waals surface area contributed by atoms with Gasteiger partial charge in [0.05, 0.1) is 11.6 Å². The van der Waals surface area contributed by atoms with E-state index in [4.69, 9.17) is 4.74 Å². The van der Waals surface area contributed by atoms with E-state index in [-0.39, 0.29) is 24.0 Å². The van der Waals surface area contributed by atoms with Crippen molar-refractivity contribution in [3.05, 3.63) is 16.1 Å². The lowest BCUT2D eigenvalue weighted by Crippen LogP contribution is -2.41. The highest BCUT2D eigenvalue weighted by atomic mass is 127. The summed E-state index contributed by atoms with van der Waals surface area (Å²) in [5.41, 5.74) is -0.822. The van der Waals surface area contributed by atoms with Crippen molar-refractivity contribution in [1.82, 2.24) is 15.2 Å². The van der Waals surface area contributed by atoms with Crippen LogP contribution in [-0.2, 0) is 17.3 Å². The fourth-order valence-electron chi connectivity index (χ4n) is 2.48. The lowest BCUT2D eigenvalue weighted by Gasteiger charge is -2.24. The maximum atomic E-state index is 12.5. The average Bonchev–Trinajstić information content (AvgIpc) is 3.17. The first kappa shape index (κ1) is 22.4. The van der Waals surface area contributed by atoms with E-state index in [2.05, 4.69) is 15.3 Å². The van der Waals surface area contributed by atoms with Crippen molar-refractivity contribution in [2.45, 2.75) is 25.9 Å². The van der Waals surface area contributed by atoms with E-state index in [0.29, 0.717) is 23.9 Å². The number of hydrogen-bond donors (Lipinski definition) is 1. The topological polar surface area (TPSA) is 49.8 Å². The van der Waals surface area contributed by atoms with Gasteiger partial charge in [0, 0.05) is 51.0 Å². The summed E-state index contributed by atoms with van der Waals surface area (Å²) in [7, 11) is 1.96. The van der Waals surface area contributed by atoms with Crippen molar-refractivity contribution < 1.29 is 17.9 Å². The number of hydrogen-bond acceptors (Lipinski definition) is 4. The van der Waals surface area contributed by atoms with Gasteiger partial charge in [-0.05, 0) is 13.3 Å². The van der Waals surface area contributed by atoms with Crippen LogP contribution in [0.15, 0.2) is 10.4 Å². The number of nitrogens with one attached hydrogen (secondary N) is 1. The Bertz CT molecular complexity index is 547. The predicted octanol–water partition coefficient (Wildman–Crippen LogP) is 3.26. The molecule has 1 aromatic heterocycles. The first-order valence-electron chi connectivity index (χ1n) is 7.99. The first-order chi connectivity index (χ1) is 11.4. The maximum absolute atomic E-state index is 12.5. The molecule has 1 unspecified atom stereocenters. The molecule has 0 aromatic carbocycles. The number of aliphatic imine (C=N–C) groups is 1. The largest absolute Gasteiger partial charge is 0.434 e. The molecule has 1 N–H and O–H groups in total. The van der Waals surface area contributed by atoms with Gasteiger partial charge in [-0.1, -0.05) is 0 Å². The van der Waals surface area contributed by atoms with Crippen LogP contribution in [0.2, 0.25) is 0 Å². The number of aromatic nitrogens is 1. The van der Waals surface area contributed by atoms with Crippen molar-refractivity contribution in [3.8, 4) is 0 Å². The zero-order chi connectivity index (χ0) is 17.6. The third kappa shape index (κ3) is 7.26. The zero-order valence-electron chi connectivity index (χ0n) is 14.3. The van der Waals surface area contributed by atoms with E-state index in [1.807, 2.05) is 18.9 Å². The van der Waals surface area contributed by atoms with E-state index < -0.39 is 11.9 Å². The monoisotopic (exact) mass is 492 g/mol. The second-order valence-corrected chi connectivity index (χ2v) is 6.66. The standard InChI is InChI=1S/C15H23F3N4OS.HI/c1-3-19-14(22(2)8-11-5-7-23-9-11)20-6-4-13-21-12(10-24-13)15(16,17)18;/h10-11H,3-9H2,1-2H3,(H,19,20);1H. The zero-order valence-corrected chi connectivity index (χ0v) is 17.5. The summed E-state index contributed by atoms with van der Waals surface area (Å²) < 4.78 is 43.0. The van der Waals surface area contributed by atoms with E-state index in [0.717, 1.165) is 55.4 Å². The molecule has 1 atom stereocenters. The molecule has 0 radical (unpaired) electrons. The van der Waals surface area contributed by atoms with Crippen LogP contribution in [-0.4, -0.2) is 55.7 Å². The Morgan fingerprint density at radius 3 is 2.84 bits per heavy atom. The number of alkyl halides is 3. The summed E-state index contributed by atoms with van der Waals surface area (Å²) in [6.45, 7) is 5.54. The van der Waals surface area contributed by atoms with Gasteiger partial charge in [-0.25, -0.2) is 4.98 Å². The van der Waals surface area contributed by atoms with Crippen LogP contribution in [0.5, 0.6) is 0 Å². The predicted molar refractivity (Wildman–Crippen MR) is 104 cm³/mol. The van der Waals surface area contributed by atoms with Gasteiger partial charge in [0.25, 0.3) is 0 Å². The van der Waals surface area contributed by atoms with Crippen LogP contribution in [0, 0.1) is 5.92 Å². The highest BCUT2D eigenvalue weighted by Gasteiger charge is 2.33. The summed E-state index contributed by atoms with van der Waals surface area (Å²) in [5, 5.41) is 4.71. The SMILES string of the molecule is CCNC(=NCCc1nc(C(F)(F)F)cs1)N(C)CC1CCOC1.I. The Hall–Kier alpha value is -0.620. The van der Waals surface area contributed by atoms with E-state index in [1.165, 1.54) is 0 Å². The van der Waals surface area contributed by atoms with Crippen LogP contribution < -0.4 is 5.32 Å². The fraction of sp³-hybridized carbons (Fsp3) is 0.733. The Kier molecular flexibility index (Phi) is 9.43. The number of rotatable bonds is 6. The van der Waals surface area contributed by atoms with Gasteiger partial charge in [-0.15, -0.1) is 35.3 Å². The number of ether oxygens (including phenoxy) is 1. The minimum absolute atomic E-state index is 0. The lowest BCUT2D eigenvalue weighted by molar-refractivity contribution is -0.140. The smallest absolute Gasteiger partial charge is 0.381 e. The Morgan fingerprint density at radius 2 is 2.28 bits per heavy atom. The van der Waals surface area contributed by atoms with Gasteiger partial charge in [0.2, 0.25) is 0 Å². The van der Waals surface area contributed by atoms with Gasteiger partial charge in [-0.3, -0.25) is 4.99 Å². The minimum atomic E-state index is -4.38. The third-order valence-electron chi connectivity index (χ3n) is 3.68. The molecule has 2 rings (SSSR count). The molecule has 1 aromatic rings. The van der Waals surface area contributed by atoms with Crippen molar-refractivity contribution in [2.75, 3.05) is 39.9 Å². The van der Waals surface area contributed by atoms with Gasteiger partial charge in [0.1, 0.15) is 0 Å². The maximum Gasteiger partial charge on any atom is 0.434 e. The molecular weight excluding hydrogens is 468 g/mol. The summed E-state index contributed by atoms with van der Waals surface area (Å²) >= 11 is 1.03. The Labute approximate surface area is 167 Å². The van der Waals surface area contributed by atoms with Crippen molar-refractivity contribution >= 4 is 41.3 Å². The van der Waals surface area contributed by atoms with Crippen molar-refractivity contribution in [2.24, 2.45) is 10.9 Å². The average molecular weight is 492 g/mol. The van der Waals surface area contributed by atoms with E-state index in [9.17, 15) is 13.2 Å². The molecule has 10 heteroatoms. The van der Waals surface area contributed by atoms with Gasteiger partial charge in [-0.2, -0.15) is 13.2 Å². The van der Waals surface area contributed by atoms with E-state index in [1.54, 1.807) is 0 Å². The molecule has 0 aliphatic carbocycles. The molecule has 0 bridgehead atoms. The molecule has 0 amide bonds. The highest BCUT2D eigenvalue weighted by molar-refractivity contribution is 14.0. The van der Waals surface area contributed by atoms with Crippen LogP contribution in [0.3, 0.4) is 0 Å². The van der Waals surface area contributed by atoms with Gasteiger partial charge < -0.3 is 15.0 Å². The summed E-state index contributed by atoms with van der Waals surface area (Å²) in [4.78, 5) is 10.2. The number of guanidine groups is 1. The first-order valence-corrected chi connectivity index (χ1v) is 8.87. The molecule has 144 valence electrons. The third-order valence-corrected chi connectivity index (χ3v) is 4.59. The molecule has 1 saturated heterocycles. The van der Waals surface area contributed by atoms with Crippen molar-refractivity contribution in [3.63, 3.8) is 0 Å².